The van der Waals surface area contributed by atoms with E-state index in [4.69, 9.17) is 4.74 Å². The molecule has 0 unspecified atom stereocenters. The van der Waals surface area contributed by atoms with Crippen molar-refractivity contribution in [3.05, 3.63) is 58.7 Å². The Balaban J connectivity index is 1.45. The summed E-state index contributed by atoms with van der Waals surface area (Å²) in [5, 5.41) is 7.50. The fourth-order valence-electron chi connectivity index (χ4n) is 4.10. The predicted molar refractivity (Wildman–Crippen MR) is 118 cm³/mol. The van der Waals surface area contributed by atoms with Gasteiger partial charge in [-0.25, -0.2) is 9.50 Å². The molecular weight excluding hydrogens is 392 g/mol. The largest absolute Gasteiger partial charge is 0.379 e. The number of rotatable bonds is 7. The summed E-state index contributed by atoms with van der Waals surface area (Å²) in [7, 11) is 0. The van der Waals surface area contributed by atoms with Crippen LogP contribution in [0.1, 0.15) is 40.5 Å². The van der Waals surface area contributed by atoms with Crippen molar-refractivity contribution in [2.45, 2.75) is 39.7 Å². The van der Waals surface area contributed by atoms with Crippen LogP contribution in [-0.2, 0) is 16.0 Å². The van der Waals surface area contributed by atoms with E-state index < -0.39 is 0 Å². The first-order valence-electron chi connectivity index (χ1n) is 10.8. The third-order valence-corrected chi connectivity index (χ3v) is 5.95. The minimum Gasteiger partial charge on any atom is -0.379 e. The molecule has 1 saturated heterocycles. The molecule has 2 aromatic heterocycles. The van der Waals surface area contributed by atoms with Crippen LogP contribution < -0.4 is 5.32 Å². The highest BCUT2D eigenvalue weighted by Crippen LogP contribution is 2.18. The fourth-order valence-corrected chi connectivity index (χ4v) is 4.10. The molecule has 0 radical (unpaired) electrons. The molecule has 4 rings (SSSR count). The molecule has 8 heteroatoms. The monoisotopic (exact) mass is 422 g/mol. The SMILES string of the molecule is Cc1ccc([C@H](CN2CCOCC2)NC(=O)CCc2c(C)nc3ncnn3c2C)cc1. The molecule has 1 aliphatic rings. The number of ether oxygens (including phenoxy) is 1. The van der Waals surface area contributed by atoms with E-state index >= 15 is 0 Å². The second kappa shape index (κ2) is 9.53. The third kappa shape index (κ3) is 5.08. The molecule has 1 aromatic carbocycles. The standard InChI is InChI=1S/C23H30N6O2/c1-16-4-6-19(7-5-16)21(14-28-10-12-31-13-11-28)27-22(30)9-8-20-17(2)26-23-24-15-25-29(23)18(20)3/h4-7,15,21H,8-14H2,1-3H3,(H,27,30)/t21-/m0/s1. The summed E-state index contributed by atoms with van der Waals surface area (Å²) in [6.45, 7) is 10.1. The van der Waals surface area contributed by atoms with Gasteiger partial charge >= 0.3 is 0 Å². The van der Waals surface area contributed by atoms with Gasteiger partial charge in [0.1, 0.15) is 6.33 Å². The molecule has 0 spiro atoms. The second-order valence-electron chi connectivity index (χ2n) is 8.18. The van der Waals surface area contributed by atoms with Crippen molar-refractivity contribution >= 4 is 11.7 Å². The highest BCUT2D eigenvalue weighted by molar-refractivity contribution is 5.76. The van der Waals surface area contributed by atoms with Gasteiger partial charge in [0.05, 0.1) is 19.3 Å². The molecule has 1 atom stereocenters. The molecule has 1 N–H and O–H groups in total. The van der Waals surface area contributed by atoms with E-state index in [1.54, 1.807) is 4.52 Å². The van der Waals surface area contributed by atoms with Crippen molar-refractivity contribution in [3.8, 4) is 0 Å². The Bertz CT molecular complexity index is 1040. The van der Waals surface area contributed by atoms with E-state index in [1.807, 2.05) is 13.8 Å². The van der Waals surface area contributed by atoms with Gasteiger partial charge in [0.25, 0.3) is 5.78 Å². The molecule has 8 nitrogen and oxygen atoms in total. The summed E-state index contributed by atoms with van der Waals surface area (Å²) in [5.41, 5.74) is 5.27. The molecular formula is C23H30N6O2. The Morgan fingerprint density at radius 2 is 1.90 bits per heavy atom. The van der Waals surface area contributed by atoms with Gasteiger partial charge in [-0.1, -0.05) is 29.8 Å². The highest BCUT2D eigenvalue weighted by Gasteiger charge is 2.21. The molecule has 1 amide bonds. The Labute approximate surface area is 182 Å². The molecule has 0 aliphatic carbocycles. The maximum absolute atomic E-state index is 12.9. The zero-order chi connectivity index (χ0) is 21.8. The zero-order valence-electron chi connectivity index (χ0n) is 18.5. The van der Waals surface area contributed by atoms with E-state index in [1.165, 1.54) is 11.9 Å². The number of hydrogen-bond donors (Lipinski definition) is 1. The van der Waals surface area contributed by atoms with Crippen LogP contribution in [0.25, 0.3) is 5.78 Å². The first-order valence-corrected chi connectivity index (χ1v) is 10.8. The first kappa shape index (κ1) is 21.4. The van der Waals surface area contributed by atoms with Gasteiger partial charge in [-0.2, -0.15) is 10.1 Å². The van der Waals surface area contributed by atoms with Crippen LogP contribution in [0, 0.1) is 20.8 Å². The van der Waals surface area contributed by atoms with Crippen LogP contribution in [0.5, 0.6) is 0 Å². The van der Waals surface area contributed by atoms with Crippen molar-refractivity contribution in [1.82, 2.24) is 29.8 Å². The van der Waals surface area contributed by atoms with E-state index in [0.717, 1.165) is 55.4 Å². The van der Waals surface area contributed by atoms with Gasteiger partial charge in [0.15, 0.2) is 0 Å². The van der Waals surface area contributed by atoms with Crippen LogP contribution in [0.2, 0.25) is 0 Å². The summed E-state index contributed by atoms with van der Waals surface area (Å²) < 4.78 is 7.20. The van der Waals surface area contributed by atoms with Gasteiger partial charge in [-0.05, 0) is 38.3 Å². The lowest BCUT2D eigenvalue weighted by Crippen LogP contribution is -2.43. The minimum atomic E-state index is -0.0516. The maximum atomic E-state index is 12.9. The Kier molecular flexibility index (Phi) is 6.58. The molecule has 3 heterocycles. The topological polar surface area (TPSA) is 84.6 Å². The molecule has 164 valence electrons. The van der Waals surface area contributed by atoms with Crippen molar-refractivity contribution in [3.63, 3.8) is 0 Å². The Morgan fingerprint density at radius 3 is 2.65 bits per heavy atom. The molecule has 1 fully saturated rings. The average molecular weight is 423 g/mol. The van der Waals surface area contributed by atoms with Crippen LogP contribution in [0.3, 0.4) is 0 Å². The summed E-state index contributed by atoms with van der Waals surface area (Å²) in [6.07, 6.45) is 2.52. The third-order valence-electron chi connectivity index (χ3n) is 5.95. The average Bonchev–Trinajstić information content (AvgIpc) is 3.23. The summed E-state index contributed by atoms with van der Waals surface area (Å²) in [5.74, 6) is 0.629. The van der Waals surface area contributed by atoms with Crippen LogP contribution >= 0.6 is 0 Å². The number of carbonyl (C=O) groups is 1. The smallest absolute Gasteiger partial charge is 0.252 e. The van der Waals surface area contributed by atoms with Gasteiger partial charge in [-0.3, -0.25) is 9.69 Å². The van der Waals surface area contributed by atoms with E-state index in [2.05, 4.69) is 56.5 Å². The number of aryl methyl sites for hydroxylation is 3. The Morgan fingerprint density at radius 1 is 1.16 bits per heavy atom. The van der Waals surface area contributed by atoms with Gasteiger partial charge in [0.2, 0.25) is 5.91 Å². The Hall–Kier alpha value is -2.84. The van der Waals surface area contributed by atoms with Gasteiger partial charge in [-0.15, -0.1) is 0 Å². The zero-order valence-corrected chi connectivity index (χ0v) is 18.5. The number of benzene rings is 1. The summed E-state index contributed by atoms with van der Waals surface area (Å²) in [6, 6.07) is 8.36. The van der Waals surface area contributed by atoms with Crippen LogP contribution in [0.15, 0.2) is 30.6 Å². The van der Waals surface area contributed by atoms with Crippen LogP contribution in [0.4, 0.5) is 0 Å². The molecule has 0 bridgehead atoms. The number of carbonyl (C=O) groups excluding carboxylic acids is 1. The number of aromatic nitrogens is 4. The maximum Gasteiger partial charge on any atom is 0.252 e. The molecule has 0 saturated carbocycles. The molecule has 1 aliphatic heterocycles. The van der Waals surface area contributed by atoms with E-state index in [0.29, 0.717) is 18.6 Å². The number of morpholine rings is 1. The lowest BCUT2D eigenvalue weighted by Gasteiger charge is -2.31. The number of nitrogens with zero attached hydrogens (tertiary/aromatic N) is 5. The van der Waals surface area contributed by atoms with E-state index in [9.17, 15) is 4.79 Å². The quantitative estimate of drug-likeness (QED) is 0.628. The number of hydrogen-bond acceptors (Lipinski definition) is 6. The van der Waals surface area contributed by atoms with Crippen molar-refractivity contribution in [2.24, 2.45) is 0 Å². The van der Waals surface area contributed by atoms with Crippen molar-refractivity contribution in [1.29, 1.82) is 0 Å². The summed E-state index contributed by atoms with van der Waals surface area (Å²) >= 11 is 0. The lowest BCUT2D eigenvalue weighted by atomic mass is 10.0. The highest BCUT2D eigenvalue weighted by atomic mass is 16.5. The fraction of sp³-hybridized carbons (Fsp3) is 0.478. The molecule has 31 heavy (non-hydrogen) atoms. The number of fused-ring (bicyclic) bond motifs is 1. The van der Waals surface area contributed by atoms with Crippen molar-refractivity contribution in [2.75, 3.05) is 32.8 Å². The molecule has 3 aromatic rings. The number of nitrogens with one attached hydrogen (secondary N) is 1. The first-order chi connectivity index (χ1) is 15.0. The second-order valence-corrected chi connectivity index (χ2v) is 8.18. The van der Waals surface area contributed by atoms with Crippen molar-refractivity contribution < 1.29 is 9.53 Å². The van der Waals surface area contributed by atoms with E-state index in [-0.39, 0.29) is 11.9 Å². The van der Waals surface area contributed by atoms with Gasteiger partial charge in [0, 0.05) is 37.4 Å². The van der Waals surface area contributed by atoms with Crippen LogP contribution in [-0.4, -0.2) is 63.2 Å². The van der Waals surface area contributed by atoms with Gasteiger partial charge < -0.3 is 10.1 Å². The predicted octanol–water partition coefficient (Wildman–Crippen LogP) is 2.17. The minimum absolute atomic E-state index is 0.0383. The summed E-state index contributed by atoms with van der Waals surface area (Å²) in [4.78, 5) is 24.0. The normalized spacial score (nSPS) is 15.8. The number of amides is 1. The lowest BCUT2D eigenvalue weighted by molar-refractivity contribution is -0.122.